The summed E-state index contributed by atoms with van der Waals surface area (Å²) in [4.78, 5) is 39.0. The van der Waals surface area contributed by atoms with Crippen molar-refractivity contribution in [1.29, 1.82) is 0 Å². The lowest BCUT2D eigenvalue weighted by atomic mass is 9.91. The second-order valence-corrected chi connectivity index (χ2v) is 9.52. The molecule has 3 N–H and O–H groups in total. The summed E-state index contributed by atoms with van der Waals surface area (Å²) in [5.41, 5.74) is 4.94. The number of nitrogens with zero attached hydrogens (tertiary/aromatic N) is 1. The van der Waals surface area contributed by atoms with E-state index in [9.17, 15) is 24.6 Å². The Hall–Kier alpha value is -4.17. The van der Waals surface area contributed by atoms with Crippen LogP contribution in [0.2, 0.25) is 0 Å². The van der Waals surface area contributed by atoms with E-state index >= 15 is 0 Å². The molecule has 8 nitrogen and oxygen atoms in total. The third-order valence-electron chi connectivity index (χ3n) is 7.22. The number of rotatable bonds is 6. The summed E-state index contributed by atoms with van der Waals surface area (Å²) in [6.07, 6.45) is -0.972. The quantitative estimate of drug-likeness (QED) is 0.465. The van der Waals surface area contributed by atoms with E-state index in [1.807, 2.05) is 36.4 Å². The van der Waals surface area contributed by atoms with Gasteiger partial charge in [0.05, 0.1) is 0 Å². The van der Waals surface area contributed by atoms with Crippen LogP contribution in [0.15, 0.2) is 66.7 Å². The number of aliphatic carboxylic acids is 1. The van der Waals surface area contributed by atoms with Crippen molar-refractivity contribution in [3.05, 3.63) is 83.4 Å². The Labute approximate surface area is 214 Å². The molecule has 0 saturated carbocycles. The number of fused-ring (bicyclic) bond motifs is 3. The molecule has 190 valence electrons. The van der Waals surface area contributed by atoms with Gasteiger partial charge >= 0.3 is 5.97 Å². The molecule has 8 heteroatoms. The van der Waals surface area contributed by atoms with Gasteiger partial charge in [0.15, 0.2) is 6.10 Å². The standard InChI is InChI=1S/C29H28N2O6/c1-16(29(35)36)37-27-24-6-4-3-5-22(24)23-12-9-19(15-25(23)27)30-28(34)26-21(13-14-31(26)17(2)32)18-7-10-20(33)11-8-18/h3-12,15-16,21,26-27,33H,13-14H2,1-2H3,(H,30,34)(H,35,36)/t16?,21?,26-,27?/m1/s1. The fourth-order valence-corrected chi connectivity index (χ4v) is 5.41. The lowest BCUT2D eigenvalue weighted by Gasteiger charge is -2.27. The Kier molecular flexibility index (Phi) is 6.43. The molecule has 1 aliphatic carbocycles. The molecule has 3 aromatic carbocycles. The molecule has 1 heterocycles. The number of ether oxygens (including phenoxy) is 1. The monoisotopic (exact) mass is 500 g/mol. The highest BCUT2D eigenvalue weighted by Crippen LogP contribution is 2.46. The maximum absolute atomic E-state index is 13.6. The smallest absolute Gasteiger partial charge is 0.332 e. The summed E-state index contributed by atoms with van der Waals surface area (Å²) in [6.45, 7) is 3.41. The molecule has 0 bridgehead atoms. The number of anilines is 1. The first kappa shape index (κ1) is 24.5. The summed E-state index contributed by atoms with van der Waals surface area (Å²) in [5, 5.41) is 22.1. The molecule has 3 unspecified atom stereocenters. The Morgan fingerprint density at radius 3 is 2.41 bits per heavy atom. The highest BCUT2D eigenvalue weighted by molar-refractivity contribution is 5.98. The zero-order valence-electron chi connectivity index (χ0n) is 20.5. The van der Waals surface area contributed by atoms with Gasteiger partial charge in [-0.2, -0.15) is 0 Å². The van der Waals surface area contributed by atoms with Gasteiger partial charge < -0.3 is 25.2 Å². The van der Waals surface area contributed by atoms with Crippen LogP contribution < -0.4 is 5.32 Å². The number of nitrogens with one attached hydrogen (secondary N) is 1. The van der Waals surface area contributed by atoms with Gasteiger partial charge in [-0.1, -0.05) is 42.5 Å². The minimum atomic E-state index is -1.05. The number of carbonyl (C=O) groups is 3. The van der Waals surface area contributed by atoms with E-state index in [4.69, 9.17) is 4.74 Å². The minimum absolute atomic E-state index is 0.138. The first-order valence-corrected chi connectivity index (χ1v) is 12.2. The molecule has 2 amide bonds. The van der Waals surface area contributed by atoms with E-state index in [1.54, 1.807) is 35.2 Å². The van der Waals surface area contributed by atoms with Gasteiger partial charge in [0.2, 0.25) is 11.8 Å². The second kappa shape index (κ2) is 9.71. The number of phenols is 1. The average Bonchev–Trinajstić information content (AvgIpc) is 3.45. The number of carbonyl (C=O) groups excluding carboxylic acids is 2. The SMILES string of the molecule is CC(=O)N1CCC(c2ccc(O)cc2)[C@@H]1C(=O)Nc1ccc2c(c1)C(OC(C)C(=O)O)c1ccccc1-2. The number of benzene rings is 3. The van der Waals surface area contributed by atoms with Gasteiger partial charge in [-0.15, -0.1) is 0 Å². The van der Waals surface area contributed by atoms with Crippen LogP contribution in [0.4, 0.5) is 5.69 Å². The molecule has 5 rings (SSSR count). The van der Waals surface area contributed by atoms with Crippen LogP contribution >= 0.6 is 0 Å². The summed E-state index contributed by atoms with van der Waals surface area (Å²) in [7, 11) is 0. The zero-order valence-corrected chi connectivity index (χ0v) is 20.5. The van der Waals surface area contributed by atoms with Crippen LogP contribution in [0, 0.1) is 0 Å². The molecule has 37 heavy (non-hydrogen) atoms. The van der Waals surface area contributed by atoms with E-state index in [0.29, 0.717) is 18.7 Å². The van der Waals surface area contributed by atoms with Gasteiger partial charge in [0.25, 0.3) is 0 Å². The largest absolute Gasteiger partial charge is 0.508 e. The van der Waals surface area contributed by atoms with Crippen LogP contribution in [0.3, 0.4) is 0 Å². The Balaban J connectivity index is 1.45. The molecule has 3 aromatic rings. The first-order valence-electron chi connectivity index (χ1n) is 12.2. The highest BCUT2D eigenvalue weighted by Gasteiger charge is 2.41. The van der Waals surface area contributed by atoms with Crippen LogP contribution in [-0.4, -0.2) is 51.6 Å². The molecule has 2 aliphatic rings. The Morgan fingerprint density at radius 1 is 1.00 bits per heavy atom. The van der Waals surface area contributed by atoms with Crippen LogP contribution in [-0.2, 0) is 19.1 Å². The minimum Gasteiger partial charge on any atom is -0.508 e. The number of likely N-dealkylation sites (tertiary alicyclic amines) is 1. The van der Waals surface area contributed by atoms with Crippen molar-refractivity contribution in [2.24, 2.45) is 0 Å². The van der Waals surface area contributed by atoms with Gasteiger partial charge in [-0.3, -0.25) is 9.59 Å². The second-order valence-electron chi connectivity index (χ2n) is 9.52. The van der Waals surface area contributed by atoms with Crippen molar-refractivity contribution < 1.29 is 29.3 Å². The van der Waals surface area contributed by atoms with Crippen LogP contribution in [0.1, 0.15) is 49.0 Å². The summed E-state index contributed by atoms with van der Waals surface area (Å²) < 4.78 is 5.93. The van der Waals surface area contributed by atoms with Crippen molar-refractivity contribution in [2.45, 2.75) is 44.4 Å². The van der Waals surface area contributed by atoms with Crippen molar-refractivity contribution in [1.82, 2.24) is 4.90 Å². The predicted molar refractivity (Wildman–Crippen MR) is 137 cm³/mol. The first-order chi connectivity index (χ1) is 17.7. The van der Waals surface area contributed by atoms with Crippen LogP contribution in [0.5, 0.6) is 5.75 Å². The topological polar surface area (TPSA) is 116 Å². The molecular formula is C29H28N2O6. The normalized spacial score (nSPS) is 20.7. The summed E-state index contributed by atoms with van der Waals surface area (Å²) in [5.74, 6) is -1.62. The van der Waals surface area contributed by atoms with Gasteiger partial charge in [-0.25, -0.2) is 4.79 Å². The molecular weight excluding hydrogens is 472 g/mol. The highest BCUT2D eigenvalue weighted by atomic mass is 16.5. The number of hydrogen-bond acceptors (Lipinski definition) is 5. The van der Waals surface area contributed by atoms with Crippen molar-refractivity contribution in [2.75, 3.05) is 11.9 Å². The molecule has 0 radical (unpaired) electrons. The lowest BCUT2D eigenvalue weighted by molar-refractivity contribution is -0.151. The maximum Gasteiger partial charge on any atom is 0.332 e. The molecule has 4 atom stereocenters. The predicted octanol–water partition coefficient (Wildman–Crippen LogP) is 4.29. The fraction of sp³-hybridized carbons (Fsp3) is 0.276. The third-order valence-corrected chi connectivity index (χ3v) is 7.22. The van der Waals surface area contributed by atoms with Crippen molar-refractivity contribution in [3.8, 4) is 16.9 Å². The maximum atomic E-state index is 13.6. The molecule has 0 aromatic heterocycles. The Morgan fingerprint density at radius 2 is 1.70 bits per heavy atom. The van der Waals surface area contributed by atoms with Gasteiger partial charge in [-0.05, 0) is 65.4 Å². The zero-order chi connectivity index (χ0) is 26.3. The van der Waals surface area contributed by atoms with Crippen molar-refractivity contribution in [3.63, 3.8) is 0 Å². The number of aromatic hydroxyl groups is 1. The van der Waals surface area contributed by atoms with E-state index < -0.39 is 24.2 Å². The van der Waals surface area contributed by atoms with Crippen LogP contribution in [0.25, 0.3) is 11.1 Å². The third kappa shape index (κ3) is 4.56. The van der Waals surface area contributed by atoms with E-state index in [1.165, 1.54) is 13.8 Å². The number of carboxylic acids is 1. The van der Waals surface area contributed by atoms with E-state index in [0.717, 1.165) is 27.8 Å². The lowest BCUT2D eigenvalue weighted by Crippen LogP contribution is -2.44. The number of carboxylic acid groups (broad SMARTS) is 1. The fourth-order valence-electron chi connectivity index (χ4n) is 5.41. The molecule has 0 spiro atoms. The van der Waals surface area contributed by atoms with Gasteiger partial charge in [0, 0.05) is 25.1 Å². The Bertz CT molecular complexity index is 1370. The number of phenolic OH excluding ortho intramolecular Hbond substituents is 1. The van der Waals surface area contributed by atoms with E-state index in [2.05, 4.69) is 5.32 Å². The van der Waals surface area contributed by atoms with E-state index in [-0.39, 0.29) is 23.5 Å². The summed E-state index contributed by atoms with van der Waals surface area (Å²) >= 11 is 0. The number of amides is 2. The molecule has 1 aliphatic heterocycles. The average molecular weight is 501 g/mol. The number of hydrogen-bond donors (Lipinski definition) is 3. The summed E-state index contributed by atoms with van der Waals surface area (Å²) in [6, 6.07) is 19.2. The van der Waals surface area contributed by atoms with Gasteiger partial charge in [0.1, 0.15) is 17.9 Å². The molecule has 1 saturated heterocycles. The molecule has 1 fully saturated rings. The van der Waals surface area contributed by atoms with Crippen molar-refractivity contribution >= 4 is 23.5 Å².